The molecule has 0 spiro atoms. The molecule has 0 unspecified atom stereocenters. The molecular formula is C16H26N2O. The zero-order valence-corrected chi connectivity index (χ0v) is 12.0. The molecule has 3 heteroatoms. The van der Waals surface area contributed by atoms with Gasteiger partial charge in [-0.3, -0.25) is 4.79 Å². The van der Waals surface area contributed by atoms with Crippen molar-refractivity contribution in [3.8, 4) is 0 Å². The van der Waals surface area contributed by atoms with E-state index in [9.17, 15) is 4.79 Å². The van der Waals surface area contributed by atoms with Crippen molar-refractivity contribution in [2.45, 2.75) is 70.0 Å². The molecule has 1 amide bonds. The molecule has 3 aliphatic carbocycles. The van der Waals surface area contributed by atoms with Gasteiger partial charge >= 0.3 is 0 Å². The van der Waals surface area contributed by atoms with E-state index in [0.29, 0.717) is 23.9 Å². The minimum Gasteiger partial charge on any atom is -0.336 e. The van der Waals surface area contributed by atoms with E-state index in [0.717, 1.165) is 30.8 Å². The van der Waals surface area contributed by atoms with Gasteiger partial charge in [0.2, 0.25) is 5.91 Å². The SMILES string of the molecule is C[C@H]1C[C@@H]2[C@@H](CC(=O)N2C2CC2)[C@@H]1CNC1CCC1. The summed E-state index contributed by atoms with van der Waals surface area (Å²) in [5, 5.41) is 3.75. The van der Waals surface area contributed by atoms with Crippen molar-refractivity contribution in [2.75, 3.05) is 6.54 Å². The van der Waals surface area contributed by atoms with Gasteiger partial charge in [-0.15, -0.1) is 0 Å². The predicted molar refractivity (Wildman–Crippen MR) is 74.7 cm³/mol. The third-order valence-corrected chi connectivity index (χ3v) is 6.13. The number of amides is 1. The maximum atomic E-state index is 12.2. The van der Waals surface area contributed by atoms with Crippen LogP contribution in [-0.4, -0.2) is 35.5 Å². The quantitative estimate of drug-likeness (QED) is 0.842. The molecule has 0 bridgehead atoms. The van der Waals surface area contributed by atoms with E-state index in [-0.39, 0.29) is 0 Å². The summed E-state index contributed by atoms with van der Waals surface area (Å²) in [4.78, 5) is 14.5. The van der Waals surface area contributed by atoms with E-state index < -0.39 is 0 Å². The number of fused-ring (bicyclic) bond motifs is 1. The van der Waals surface area contributed by atoms with Gasteiger partial charge in [0.05, 0.1) is 0 Å². The maximum Gasteiger partial charge on any atom is 0.223 e. The highest BCUT2D eigenvalue weighted by atomic mass is 16.2. The number of nitrogens with zero attached hydrogens (tertiary/aromatic N) is 1. The second-order valence-corrected chi connectivity index (χ2v) is 7.38. The van der Waals surface area contributed by atoms with Gasteiger partial charge in [0.15, 0.2) is 0 Å². The fraction of sp³-hybridized carbons (Fsp3) is 0.938. The summed E-state index contributed by atoms with van der Waals surface area (Å²) in [6.45, 7) is 3.56. The number of likely N-dealkylation sites (tertiary alicyclic amines) is 1. The van der Waals surface area contributed by atoms with Crippen molar-refractivity contribution in [3.63, 3.8) is 0 Å². The van der Waals surface area contributed by atoms with Gasteiger partial charge in [-0.25, -0.2) is 0 Å². The monoisotopic (exact) mass is 262 g/mol. The summed E-state index contributed by atoms with van der Waals surface area (Å²) in [5.41, 5.74) is 0. The van der Waals surface area contributed by atoms with E-state index in [1.807, 2.05) is 0 Å². The second kappa shape index (κ2) is 4.47. The van der Waals surface area contributed by atoms with E-state index in [4.69, 9.17) is 0 Å². The molecule has 1 aliphatic heterocycles. The van der Waals surface area contributed by atoms with Crippen molar-refractivity contribution < 1.29 is 4.79 Å². The summed E-state index contributed by atoms with van der Waals surface area (Å²) in [5.74, 6) is 2.63. The number of rotatable bonds is 4. The van der Waals surface area contributed by atoms with Crippen molar-refractivity contribution in [1.82, 2.24) is 10.2 Å². The fourth-order valence-electron chi connectivity index (χ4n) is 4.63. The summed E-state index contributed by atoms with van der Waals surface area (Å²) in [6, 6.07) is 1.99. The molecule has 3 nitrogen and oxygen atoms in total. The van der Waals surface area contributed by atoms with Crippen molar-refractivity contribution in [2.24, 2.45) is 17.8 Å². The molecule has 4 rings (SSSR count). The lowest BCUT2D eigenvalue weighted by Crippen LogP contribution is -2.40. The van der Waals surface area contributed by atoms with Gasteiger partial charge in [0.1, 0.15) is 0 Å². The van der Waals surface area contributed by atoms with Crippen LogP contribution in [0.15, 0.2) is 0 Å². The number of nitrogens with one attached hydrogen (secondary N) is 1. The van der Waals surface area contributed by atoms with Crippen LogP contribution >= 0.6 is 0 Å². The lowest BCUT2D eigenvalue weighted by molar-refractivity contribution is -0.129. The number of hydrogen-bond donors (Lipinski definition) is 1. The van der Waals surface area contributed by atoms with E-state index >= 15 is 0 Å². The molecule has 19 heavy (non-hydrogen) atoms. The Labute approximate surface area is 116 Å². The highest BCUT2D eigenvalue weighted by molar-refractivity contribution is 5.80. The lowest BCUT2D eigenvalue weighted by atomic mass is 9.87. The molecule has 106 valence electrons. The highest BCUT2D eigenvalue weighted by Crippen LogP contribution is 2.49. The minimum atomic E-state index is 0.457. The zero-order valence-electron chi connectivity index (χ0n) is 12.0. The average molecular weight is 262 g/mol. The Morgan fingerprint density at radius 2 is 2.05 bits per heavy atom. The topological polar surface area (TPSA) is 32.3 Å². The smallest absolute Gasteiger partial charge is 0.223 e. The summed E-state index contributed by atoms with van der Waals surface area (Å²) < 4.78 is 0. The first-order valence-corrected chi connectivity index (χ1v) is 8.28. The standard InChI is InChI=1S/C16H26N2O/c1-10-7-15-13(8-16(19)18(15)12-5-6-12)14(10)9-17-11-3-2-4-11/h10-15,17H,2-9H2,1H3/t10-,13-,14+,15+/m0/s1. The Hall–Kier alpha value is -0.570. The minimum absolute atomic E-state index is 0.457. The van der Waals surface area contributed by atoms with Crippen LogP contribution in [0.1, 0.15) is 51.9 Å². The van der Waals surface area contributed by atoms with Crippen LogP contribution in [0, 0.1) is 17.8 Å². The maximum absolute atomic E-state index is 12.2. The first kappa shape index (κ1) is 12.2. The Balaban J connectivity index is 1.42. The summed E-state index contributed by atoms with van der Waals surface area (Å²) in [7, 11) is 0. The molecule has 4 atom stereocenters. The fourth-order valence-corrected chi connectivity index (χ4v) is 4.63. The van der Waals surface area contributed by atoms with Gasteiger partial charge < -0.3 is 10.2 Å². The van der Waals surface area contributed by atoms with Crippen LogP contribution in [0.3, 0.4) is 0 Å². The van der Waals surface area contributed by atoms with Crippen LogP contribution in [0.4, 0.5) is 0 Å². The lowest BCUT2D eigenvalue weighted by Gasteiger charge is -2.30. The zero-order chi connectivity index (χ0) is 13.0. The van der Waals surface area contributed by atoms with Gasteiger partial charge in [0, 0.05) is 24.5 Å². The molecule has 1 heterocycles. The second-order valence-electron chi connectivity index (χ2n) is 7.38. The predicted octanol–water partition coefficient (Wildman–Crippen LogP) is 2.16. The van der Waals surface area contributed by atoms with Gasteiger partial charge in [-0.05, 0) is 56.4 Å². The molecule has 0 radical (unpaired) electrons. The average Bonchev–Trinajstić information content (AvgIpc) is 3.03. The molecule has 4 aliphatic rings. The Morgan fingerprint density at radius 1 is 1.26 bits per heavy atom. The third-order valence-electron chi connectivity index (χ3n) is 6.13. The van der Waals surface area contributed by atoms with Gasteiger partial charge in [0.25, 0.3) is 0 Å². The molecule has 1 N–H and O–H groups in total. The molecule has 4 fully saturated rings. The summed E-state index contributed by atoms with van der Waals surface area (Å²) in [6.07, 6.45) is 8.73. The molecule has 0 aromatic carbocycles. The normalized spacial score (nSPS) is 42.6. The molecule has 0 aromatic rings. The number of hydrogen-bond acceptors (Lipinski definition) is 2. The Bertz CT molecular complexity index is 375. The van der Waals surface area contributed by atoms with Crippen LogP contribution in [0.25, 0.3) is 0 Å². The van der Waals surface area contributed by atoms with Crippen LogP contribution in [0.5, 0.6) is 0 Å². The van der Waals surface area contributed by atoms with E-state index in [1.54, 1.807) is 0 Å². The van der Waals surface area contributed by atoms with Gasteiger partial charge in [-0.1, -0.05) is 13.3 Å². The Kier molecular flexibility index (Phi) is 2.87. The molecular weight excluding hydrogens is 236 g/mol. The van der Waals surface area contributed by atoms with Crippen molar-refractivity contribution >= 4 is 5.91 Å². The van der Waals surface area contributed by atoms with Gasteiger partial charge in [-0.2, -0.15) is 0 Å². The van der Waals surface area contributed by atoms with E-state index in [2.05, 4.69) is 17.1 Å². The molecule has 3 saturated carbocycles. The first-order chi connectivity index (χ1) is 9.24. The number of carbonyl (C=O) groups excluding carboxylic acids is 1. The van der Waals surface area contributed by atoms with Crippen LogP contribution in [0.2, 0.25) is 0 Å². The summed E-state index contributed by atoms with van der Waals surface area (Å²) >= 11 is 0. The third kappa shape index (κ3) is 2.01. The molecule has 1 saturated heterocycles. The molecule has 0 aromatic heterocycles. The van der Waals surface area contributed by atoms with E-state index in [1.165, 1.54) is 38.5 Å². The first-order valence-electron chi connectivity index (χ1n) is 8.28. The van der Waals surface area contributed by atoms with Crippen LogP contribution < -0.4 is 5.32 Å². The number of carbonyl (C=O) groups is 1. The largest absolute Gasteiger partial charge is 0.336 e. The van der Waals surface area contributed by atoms with Crippen molar-refractivity contribution in [3.05, 3.63) is 0 Å². The van der Waals surface area contributed by atoms with Crippen LogP contribution in [-0.2, 0) is 4.79 Å². The Morgan fingerprint density at radius 3 is 2.68 bits per heavy atom. The van der Waals surface area contributed by atoms with Crippen molar-refractivity contribution in [1.29, 1.82) is 0 Å². The highest BCUT2D eigenvalue weighted by Gasteiger charge is 2.53.